The van der Waals surface area contributed by atoms with E-state index in [1.807, 2.05) is 0 Å². The highest BCUT2D eigenvalue weighted by molar-refractivity contribution is 5.79. The van der Waals surface area contributed by atoms with Crippen molar-refractivity contribution in [2.24, 2.45) is 11.7 Å². The molecule has 116 valence electrons. The van der Waals surface area contributed by atoms with Gasteiger partial charge in [0, 0.05) is 19.3 Å². The van der Waals surface area contributed by atoms with Gasteiger partial charge in [0.2, 0.25) is 0 Å². The van der Waals surface area contributed by atoms with Crippen molar-refractivity contribution < 1.29 is 9.90 Å². The summed E-state index contributed by atoms with van der Waals surface area (Å²) in [5.41, 5.74) is 7.57. The number of anilines is 1. The normalized spacial score (nSPS) is 25.0. The van der Waals surface area contributed by atoms with Gasteiger partial charge in [0.15, 0.2) is 0 Å². The summed E-state index contributed by atoms with van der Waals surface area (Å²) in [6, 6.07) is 8.54. The van der Waals surface area contributed by atoms with Gasteiger partial charge in [-0.25, -0.2) is 0 Å². The van der Waals surface area contributed by atoms with Crippen LogP contribution >= 0.6 is 0 Å². The molecule has 1 aliphatic carbocycles. The second kappa shape index (κ2) is 6.48. The molecule has 0 aliphatic heterocycles. The molecule has 0 radical (unpaired) electrons. The summed E-state index contributed by atoms with van der Waals surface area (Å²) in [5, 5.41) is 9.34. The maximum atomic E-state index is 11.4. The number of aryl methyl sites for hydroxylation is 1. The average molecular weight is 290 g/mol. The van der Waals surface area contributed by atoms with E-state index in [4.69, 9.17) is 5.73 Å². The molecular formula is C17H26N2O2. The largest absolute Gasteiger partial charge is 0.480 e. The number of carboxylic acid groups (broad SMARTS) is 1. The fourth-order valence-corrected chi connectivity index (χ4v) is 3.25. The van der Waals surface area contributed by atoms with Crippen molar-refractivity contribution in [2.45, 2.75) is 44.6 Å². The molecule has 2 unspecified atom stereocenters. The molecule has 0 bridgehead atoms. The van der Waals surface area contributed by atoms with Crippen LogP contribution in [-0.2, 0) is 11.2 Å². The zero-order valence-electron chi connectivity index (χ0n) is 13.0. The molecular weight excluding hydrogens is 264 g/mol. The minimum Gasteiger partial charge on any atom is -0.480 e. The first-order valence-corrected chi connectivity index (χ1v) is 7.79. The second-order valence-corrected chi connectivity index (χ2v) is 6.16. The van der Waals surface area contributed by atoms with Crippen LogP contribution in [0.2, 0.25) is 0 Å². The summed E-state index contributed by atoms with van der Waals surface area (Å²) >= 11 is 0. The molecule has 1 saturated carbocycles. The lowest BCUT2D eigenvalue weighted by Crippen LogP contribution is -2.51. The molecule has 2 rings (SSSR count). The van der Waals surface area contributed by atoms with Crippen molar-refractivity contribution in [1.82, 2.24) is 0 Å². The van der Waals surface area contributed by atoms with E-state index < -0.39 is 11.5 Å². The van der Waals surface area contributed by atoms with E-state index in [9.17, 15) is 9.90 Å². The zero-order chi connectivity index (χ0) is 15.5. The number of rotatable bonds is 6. The molecule has 0 saturated heterocycles. The number of nitrogens with two attached hydrogens (primary N) is 1. The number of carbonyl (C=O) groups is 1. The molecule has 3 N–H and O–H groups in total. The van der Waals surface area contributed by atoms with Crippen LogP contribution in [0.25, 0.3) is 0 Å². The Bertz CT molecular complexity index is 486. The number of hydrogen-bond acceptors (Lipinski definition) is 3. The molecule has 0 spiro atoms. The maximum Gasteiger partial charge on any atom is 0.323 e. The number of hydrogen-bond donors (Lipinski definition) is 2. The van der Waals surface area contributed by atoms with Crippen molar-refractivity contribution in [1.29, 1.82) is 0 Å². The molecule has 4 heteroatoms. The van der Waals surface area contributed by atoms with E-state index in [1.54, 1.807) is 0 Å². The Kier molecular flexibility index (Phi) is 4.88. The molecule has 0 aromatic heterocycles. The first-order chi connectivity index (χ1) is 9.97. The van der Waals surface area contributed by atoms with E-state index in [2.05, 4.69) is 43.1 Å². The van der Waals surface area contributed by atoms with E-state index in [0.29, 0.717) is 6.42 Å². The van der Waals surface area contributed by atoms with E-state index >= 15 is 0 Å². The summed E-state index contributed by atoms with van der Waals surface area (Å²) in [6.45, 7) is 2.98. The van der Waals surface area contributed by atoms with Gasteiger partial charge in [-0.3, -0.25) is 4.79 Å². The first-order valence-electron chi connectivity index (χ1n) is 7.79. The molecule has 1 fully saturated rings. The van der Waals surface area contributed by atoms with Crippen molar-refractivity contribution in [3.05, 3.63) is 29.8 Å². The molecule has 0 heterocycles. The summed E-state index contributed by atoms with van der Waals surface area (Å²) in [4.78, 5) is 13.6. The highest BCUT2D eigenvalue weighted by Crippen LogP contribution is 2.36. The van der Waals surface area contributed by atoms with Crippen LogP contribution in [0.15, 0.2) is 24.3 Å². The Hall–Kier alpha value is -1.55. The van der Waals surface area contributed by atoms with Crippen LogP contribution < -0.4 is 10.6 Å². The molecule has 1 aromatic rings. The van der Waals surface area contributed by atoms with Gasteiger partial charge >= 0.3 is 5.97 Å². The van der Waals surface area contributed by atoms with Crippen LogP contribution in [0.1, 0.15) is 38.2 Å². The first kappa shape index (κ1) is 15.8. The second-order valence-electron chi connectivity index (χ2n) is 6.16. The van der Waals surface area contributed by atoms with Gasteiger partial charge in [0.05, 0.1) is 0 Å². The monoisotopic (exact) mass is 290 g/mol. The van der Waals surface area contributed by atoms with Crippen LogP contribution in [-0.4, -0.2) is 30.2 Å². The fraction of sp³-hybridized carbons (Fsp3) is 0.588. The zero-order valence-corrected chi connectivity index (χ0v) is 13.0. The Morgan fingerprint density at radius 3 is 2.67 bits per heavy atom. The van der Waals surface area contributed by atoms with Gasteiger partial charge < -0.3 is 15.7 Å². The Morgan fingerprint density at radius 1 is 1.43 bits per heavy atom. The lowest BCUT2D eigenvalue weighted by atomic mass is 9.85. The van der Waals surface area contributed by atoms with Gasteiger partial charge in [0.25, 0.3) is 0 Å². The van der Waals surface area contributed by atoms with Crippen molar-refractivity contribution in [2.75, 3.05) is 18.5 Å². The van der Waals surface area contributed by atoms with Gasteiger partial charge in [-0.1, -0.05) is 25.5 Å². The highest BCUT2D eigenvalue weighted by Gasteiger charge is 2.45. The smallest absolute Gasteiger partial charge is 0.323 e. The SMILES string of the molecule is CCc1ccc(N(C)CCC2CCCC2(N)C(=O)O)cc1. The Labute approximate surface area is 126 Å². The van der Waals surface area contributed by atoms with Crippen LogP contribution in [0, 0.1) is 5.92 Å². The maximum absolute atomic E-state index is 11.4. The van der Waals surface area contributed by atoms with E-state index in [0.717, 1.165) is 32.2 Å². The number of benzene rings is 1. The molecule has 2 atom stereocenters. The van der Waals surface area contributed by atoms with Crippen LogP contribution in [0.5, 0.6) is 0 Å². The van der Waals surface area contributed by atoms with Crippen molar-refractivity contribution in [3.63, 3.8) is 0 Å². The van der Waals surface area contributed by atoms with Gasteiger partial charge in [-0.2, -0.15) is 0 Å². The van der Waals surface area contributed by atoms with E-state index in [1.165, 1.54) is 11.3 Å². The third-order valence-electron chi connectivity index (χ3n) is 4.87. The summed E-state index contributed by atoms with van der Waals surface area (Å²) < 4.78 is 0. The number of aliphatic carboxylic acids is 1. The van der Waals surface area contributed by atoms with Crippen LogP contribution in [0.3, 0.4) is 0 Å². The predicted octanol–water partition coefficient (Wildman–Crippen LogP) is 2.66. The number of nitrogens with zero attached hydrogens (tertiary/aromatic N) is 1. The molecule has 21 heavy (non-hydrogen) atoms. The summed E-state index contributed by atoms with van der Waals surface area (Å²) in [5.74, 6) is -0.771. The minimum atomic E-state index is -1.02. The predicted molar refractivity (Wildman–Crippen MR) is 85.6 cm³/mol. The molecule has 1 aliphatic rings. The van der Waals surface area contributed by atoms with Crippen molar-refractivity contribution in [3.8, 4) is 0 Å². The molecule has 4 nitrogen and oxygen atoms in total. The highest BCUT2D eigenvalue weighted by atomic mass is 16.4. The third kappa shape index (κ3) is 3.38. The van der Waals surface area contributed by atoms with Crippen LogP contribution in [0.4, 0.5) is 5.69 Å². The summed E-state index contributed by atoms with van der Waals surface area (Å²) in [7, 11) is 2.05. The quantitative estimate of drug-likeness (QED) is 0.845. The third-order valence-corrected chi connectivity index (χ3v) is 4.87. The fourth-order valence-electron chi connectivity index (χ4n) is 3.25. The van der Waals surface area contributed by atoms with E-state index in [-0.39, 0.29) is 5.92 Å². The average Bonchev–Trinajstić information content (AvgIpc) is 2.87. The van der Waals surface area contributed by atoms with Gasteiger partial charge in [-0.15, -0.1) is 0 Å². The molecule has 1 aromatic carbocycles. The minimum absolute atomic E-state index is 0.0763. The lowest BCUT2D eigenvalue weighted by Gasteiger charge is -2.29. The van der Waals surface area contributed by atoms with Gasteiger partial charge in [0.1, 0.15) is 5.54 Å². The summed E-state index contributed by atoms with van der Waals surface area (Å²) in [6.07, 6.45) is 4.31. The lowest BCUT2D eigenvalue weighted by molar-refractivity contribution is -0.144. The topological polar surface area (TPSA) is 66.6 Å². The Morgan fingerprint density at radius 2 is 2.10 bits per heavy atom. The molecule has 0 amide bonds. The Balaban J connectivity index is 1.94. The number of carboxylic acids is 1. The van der Waals surface area contributed by atoms with Crippen molar-refractivity contribution >= 4 is 11.7 Å². The standard InChI is InChI=1S/C17H26N2O2/c1-3-13-6-8-15(9-7-13)19(2)12-10-14-5-4-11-17(14,18)16(20)21/h6-9,14H,3-5,10-12,18H2,1-2H3,(H,20,21). The van der Waals surface area contributed by atoms with Gasteiger partial charge in [-0.05, 0) is 49.3 Å².